The van der Waals surface area contributed by atoms with Crippen LogP contribution in [-0.2, 0) is 6.42 Å². The molecule has 5 heteroatoms. The summed E-state index contributed by atoms with van der Waals surface area (Å²) in [5.74, 6) is 0.595. The van der Waals surface area contributed by atoms with Crippen molar-refractivity contribution < 1.29 is 9.90 Å². The molecule has 1 amide bonds. The molecule has 1 unspecified atom stereocenters. The Kier molecular flexibility index (Phi) is 5.76. The van der Waals surface area contributed by atoms with Crippen LogP contribution in [0.4, 0.5) is 5.82 Å². The molecule has 1 aromatic rings. The molecule has 0 aliphatic heterocycles. The van der Waals surface area contributed by atoms with Gasteiger partial charge in [0.25, 0.3) is 5.91 Å². The number of pyridine rings is 1. The van der Waals surface area contributed by atoms with E-state index in [4.69, 9.17) is 5.11 Å². The molecule has 0 aliphatic rings. The van der Waals surface area contributed by atoms with Crippen molar-refractivity contribution in [3.8, 4) is 0 Å². The van der Waals surface area contributed by atoms with Crippen LogP contribution in [0.2, 0.25) is 0 Å². The third-order valence-electron chi connectivity index (χ3n) is 3.13. The Morgan fingerprint density at radius 3 is 2.74 bits per heavy atom. The van der Waals surface area contributed by atoms with Crippen LogP contribution in [0, 0.1) is 0 Å². The van der Waals surface area contributed by atoms with Gasteiger partial charge in [-0.2, -0.15) is 0 Å². The highest BCUT2D eigenvalue weighted by Gasteiger charge is 2.18. The van der Waals surface area contributed by atoms with E-state index in [0.29, 0.717) is 11.4 Å². The molecule has 0 radical (unpaired) electrons. The van der Waals surface area contributed by atoms with Gasteiger partial charge in [0.05, 0.1) is 12.6 Å². The average molecular weight is 265 g/mol. The molecule has 0 aromatic carbocycles. The Balaban J connectivity index is 3.04. The molecule has 0 saturated carbocycles. The number of nitrogens with one attached hydrogen (secondary N) is 1. The number of aromatic nitrogens is 1. The highest BCUT2D eigenvalue weighted by atomic mass is 16.3. The van der Waals surface area contributed by atoms with Crippen molar-refractivity contribution in [2.24, 2.45) is 0 Å². The molecule has 1 rings (SSSR count). The third-order valence-corrected chi connectivity index (χ3v) is 3.13. The van der Waals surface area contributed by atoms with Gasteiger partial charge in [0.2, 0.25) is 0 Å². The first-order chi connectivity index (χ1) is 9.03. The van der Waals surface area contributed by atoms with Gasteiger partial charge in [0, 0.05) is 25.4 Å². The molecule has 0 aliphatic carbocycles. The van der Waals surface area contributed by atoms with Gasteiger partial charge in [0.1, 0.15) is 5.82 Å². The normalized spacial score (nSPS) is 12.1. The first-order valence-electron chi connectivity index (χ1n) is 6.60. The van der Waals surface area contributed by atoms with E-state index in [9.17, 15) is 4.79 Å². The monoisotopic (exact) mass is 265 g/mol. The van der Waals surface area contributed by atoms with Gasteiger partial charge in [0.15, 0.2) is 0 Å². The number of carbonyl (C=O) groups excluding carboxylic acids is 1. The minimum atomic E-state index is -0.201. The maximum absolute atomic E-state index is 12.3. The zero-order valence-electron chi connectivity index (χ0n) is 12.1. The molecule has 1 aromatic heterocycles. The lowest BCUT2D eigenvalue weighted by atomic mass is 10.1. The van der Waals surface area contributed by atoms with Crippen molar-refractivity contribution in [2.45, 2.75) is 32.7 Å². The molecule has 0 saturated heterocycles. The van der Waals surface area contributed by atoms with Gasteiger partial charge >= 0.3 is 0 Å². The lowest BCUT2D eigenvalue weighted by Gasteiger charge is -2.23. The van der Waals surface area contributed by atoms with Crippen molar-refractivity contribution in [2.75, 3.05) is 26.0 Å². The summed E-state index contributed by atoms with van der Waals surface area (Å²) in [5, 5.41) is 12.1. The van der Waals surface area contributed by atoms with E-state index >= 15 is 0 Å². The number of amides is 1. The molecule has 2 N–H and O–H groups in total. The molecular weight excluding hydrogens is 242 g/mol. The molecule has 0 spiro atoms. The number of nitrogens with zero attached hydrogens (tertiary/aromatic N) is 2. The quantitative estimate of drug-likeness (QED) is 0.818. The topological polar surface area (TPSA) is 65.5 Å². The van der Waals surface area contributed by atoms with Gasteiger partial charge < -0.3 is 15.3 Å². The van der Waals surface area contributed by atoms with E-state index in [1.54, 1.807) is 25.1 Å². The van der Waals surface area contributed by atoms with Crippen molar-refractivity contribution in [1.82, 2.24) is 9.88 Å². The number of rotatable bonds is 6. The predicted molar refractivity (Wildman–Crippen MR) is 76.4 cm³/mol. The van der Waals surface area contributed by atoms with E-state index in [1.165, 1.54) is 0 Å². The second kappa shape index (κ2) is 7.09. The summed E-state index contributed by atoms with van der Waals surface area (Å²) in [7, 11) is 3.48. The van der Waals surface area contributed by atoms with Crippen molar-refractivity contribution >= 4 is 11.7 Å². The predicted octanol–water partition coefficient (Wildman–Crippen LogP) is 1.53. The number of hydrogen-bond donors (Lipinski definition) is 2. The van der Waals surface area contributed by atoms with Crippen molar-refractivity contribution in [1.29, 1.82) is 0 Å². The van der Waals surface area contributed by atoms with Crippen LogP contribution >= 0.6 is 0 Å². The molecule has 5 nitrogen and oxygen atoms in total. The van der Waals surface area contributed by atoms with Crippen LogP contribution < -0.4 is 5.32 Å². The molecule has 1 atom stereocenters. The zero-order valence-corrected chi connectivity index (χ0v) is 12.1. The summed E-state index contributed by atoms with van der Waals surface area (Å²) in [6, 6.07) is 3.36. The highest BCUT2D eigenvalue weighted by molar-refractivity contribution is 5.95. The second-order valence-electron chi connectivity index (χ2n) is 4.68. The van der Waals surface area contributed by atoms with E-state index < -0.39 is 0 Å². The van der Waals surface area contributed by atoms with Gasteiger partial charge in [-0.05, 0) is 25.5 Å². The number of aryl methyl sites for hydroxylation is 1. The first kappa shape index (κ1) is 15.4. The lowest BCUT2D eigenvalue weighted by Crippen LogP contribution is -2.37. The van der Waals surface area contributed by atoms with Gasteiger partial charge in [-0.15, -0.1) is 0 Å². The number of carbonyl (C=O) groups is 1. The molecule has 0 fully saturated rings. The van der Waals surface area contributed by atoms with E-state index in [-0.39, 0.29) is 18.6 Å². The molecule has 106 valence electrons. The summed E-state index contributed by atoms with van der Waals surface area (Å²) in [6.07, 6.45) is 1.83. The van der Waals surface area contributed by atoms with Crippen LogP contribution in [0.15, 0.2) is 12.1 Å². The molecule has 19 heavy (non-hydrogen) atoms. The molecular formula is C14H23N3O2. The Morgan fingerprint density at radius 1 is 1.53 bits per heavy atom. The van der Waals surface area contributed by atoms with Crippen molar-refractivity contribution in [3.63, 3.8) is 0 Å². The maximum Gasteiger partial charge on any atom is 0.254 e. The van der Waals surface area contributed by atoms with Crippen LogP contribution in [0.25, 0.3) is 0 Å². The van der Waals surface area contributed by atoms with Crippen LogP contribution in [0.5, 0.6) is 0 Å². The zero-order chi connectivity index (χ0) is 14.4. The standard InChI is InChI=1S/C14H23N3O2/c1-5-6-12-7-11(8-13(15-3)16-12)14(19)17(4)10(2)9-18/h7-8,10,18H,5-6,9H2,1-4H3,(H,15,16). The molecule has 0 bridgehead atoms. The van der Waals surface area contributed by atoms with Gasteiger partial charge in [-0.3, -0.25) is 4.79 Å². The number of anilines is 1. The van der Waals surface area contributed by atoms with E-state index in [1.807, 2.05) is 13.0 Å². The summed E-state index contributed by atoms with van der Waals surface area (Å²) in [5.41, 5.74) is 1.51. The Bertz CT molecular complexity index is 435. The van der Waals surface area contributed by atoms with Gasteiger partial charge in [-0.1, -0.05) is 13.3 Å². The minimum Gasteiger partial charge on any atom is -0.394 e. The minimum absolute atomic E-state index is 0.0476. The Morgan fingerprint density at radius 2 is 2.21 bits per heavy atom. The summed E-state index contributed by atoms with van der Waals surface area (Å²) in [4.78, 5) is 18.3. The Hall–Kier alpha value is -1.62. The van der Waals surface area contributed by atoms with Crippen LogP contribution in [0.3, 0.4) is 0 Å². The van der Waals surface area contributed by atoms with Gasteiger partial charge in [-0.25, -0.2) is 4.98 Å². The first-order valence-corrected chi connectivity index (χ1v) is 6.60. The van der Waals surface area contributed by atoms with Crippen LogP contribution in [-0.4, -0.2) is 47.6 Å². The Labute approximate surface area is 114 Å². The highest BCUT2D eigenvalue weighted by Crippen LogP contribution is 2.14. The number of aliphatic hydroxyl groups excluding tert-OH is 1. The summed E-state index contributed by atoms with van der Waals surface area (Å²) >= 11 is 0. The summed E-state index contributed by atoms with van der Waals surface area (Å²) < 4.78 is 0. The largest absolute Gasteiger partial charge is 0.394 e. The van der Waals surface area contributed by atoms with E-state index in [2.05, 4.69) is 17.2 Å². The fourth-order valence-corrected chi connectivity index (χ4v) is 1.75. The maximum atomic E-state index is 12.3. The van der Waals surface area contributed by atoms with E-state index in [0.717, 1.165) is 18.5 Å². The SMILES string of the molecule is CCCc1cc(C(=O)N(C)C(C)CO)cc(NC)n1. The lowest BCUT2D eigenvalue weighted by molar-refractivity contribution is 0.0682. The fourth-order valence-electron chi connectivity index (χ4n) is 1.75. The van der Waals surface area contributed by atoms with Crippen LogP contribution in [0.1, 0.15) is 36.3 Å². The van der Waals surface area contributed by atoms with Crippen molar-refractivity contribution in [3.05, 3.63) is 23.4 Å². The number of aliphatic hydroxyl groups is 1. The third kappa shape index (κ3) is 3.92. The number of likely N-dealkylation sites (N-methyl/N-ethyl adjacent to an activating group) is 1. The summed E-state index contributed by atoms with van der Waals surface area (Å²) in [6.45, 7) is 3.84. The smallest absolute Gasteiger partial charge is 0.254 e. The molecule has 1 heterocycles. The number of hydrogen-bond acceptors (Lipinski definition) is 4. The fraction of sp³-hybridized carbons (Fsp3) is 0.571. The second-order valence-corrected chi connectivity index (χ2v) is 4.68. The average Bonchev–Trinajstić information content (AvgIpc) is 2.44.